The molecular formula is C18H31N3O. The van der Waals surface area contributed by atoms with Gasteiger partial charge in [0.1, 0.15) is 0 Å². The van der Waals surface area contributed by atoms with Crippen molar-refractivity contribution in [2.45, 2.75) is 52.0 Å². The van der Waals surface area contributed by atoms with Crippen molar-refractivity contribution < 1.29 is 4.79 Å². The fourth-order valence-electron chi connectivity index (χ4n) is 5.67. The minimum atomic E-state index is 0.315. The Kier molecular flexibility index (Phi) is 3.19. The minimum absolute atomic E-state index is 0.315. The molecule has 1 saturated carbocycles. The second-order valence-electron chi connectivity index (χ2n) is 9.18. The van der Waals surface area contributed by atoms with Crippen LogP contribution in [0, 0.1) is 16.7 Å². The Morgan fingerprint density at radius 1 is 1.18 bits per heavy atom. The molecule has 4 rings (SSSR count). The number of nitrogens with zero attached hydrogens (tertiary/aromatic N) is 2. The van der Waals surface area contributed by atoms with Gasteiger partial charge in [-0.25, -0.2) is 0 Å². The molecule has 124 valence electrons. The van der Waals surface area contributed by atoms with E-state index < -0.39 is 0 Å². The lowest BCUT2D eigenvalue weighted by Crippen LogP contribution is -2.49. The summed E-state index contributed by atoms with van der Waals surface area (Å²) < 4.78 is 0. The molecule has 4 nitrogen and oxygen atoms in total. The first-order valence-electron chi connectivity index (χ1n) is 9.13. The molecule has 22 heavy (non-hydrogen) atoms. The molecule has 0 bridgehead atoms. The Morgan fingerprint density at radius 3 is 2.55 bits per heavy atom. The van der Waals surface area contributed by atoms with Gasteiger partial charge in [0.25, 0.3) is 0 Å². The minimum Gasteiger partial charge on any atom is -0.340 e. The number of fused-ring (bicyclic) bond motifs is 1. The molecule has 3 saturated heterocycles. The van der Waals surface area contributed by atoms with Crippen LogP contribution < -0.4 is 5.32 Å². The van der Waals surface area contributed by atoms with E-state index >= 15 is 0 Å². The van der Waals surface area contributed by atoms with E-state index in [0.29, 0.717) is 28.2 Å². The van der Waals surface area contributed by atoms with Crippen molar-refractivity contribution in [1.82, 2.24) is 15.1 Å². The molecule has 4 heteroatoms. The molecule has 4 aliphatic rings. The third-order valence-corrected chi connectivity index (χ3v) is 7.09. The molecule has 3 atom stereocenters. The van der Waals surface area contributed by atoms with Gasteiger partial charge in [-0.2, -0.15) is 0 Å². The molecular weight excluding hydrogens is 274 g/mol. The van der Waals surface area contributed by atoms with Crippen LogP contribution in [0.5, 0.6) is 0 Å². The Hall–Kier alpha value is -0.610. The molecule has 1 amide bonds. The fourth-order valence-corrected chi connectivity index (χ4v) is 5.67. The maximum absolute atomic E-state index is 12.9. The molecule has 3 unspecified atom stereocenters. The highest BCUT2D eigenvalue weighted by atomic mass is 16.2. The summed E-state index contributed by atoms with van der Waals surface area (Å²) >= 11 is 0. The van der Waals surface area contributed by atoms with Gasteiger partial charge in [-0.1, -0.05) is 20.8 Å². The molecule has 1 N–H and O–H groups in total. The third-order valence-electron chi connectivity index (χ3n) is 7.09. The SMILES string of the molecule is CC(C)(C)C12CCCN1CC1(CC1C(=O)N1CCNCC1)C2. The van der Waals surface area contributed by atoms with Crippen LogP contribution in [-0.2, 0) is 4.79 Å². The molecule has 3 heterocycles. The first kappa shape index (κ1) is 14.9. The van der Waals surface area contributed by atoms with Crippen molar-refractivity contribution in [2.24, 2.45) is 16.7 Å². The average molecular weight is 305 g/mol. The summed E-state index contributed by atoms with van der Waals surface area (Å²) in [5.41, 5.74) is 0.985. The van der Waals surface area contributed by atoms with Crippen molar-refractivity contribution in [2.75, 3.05) is 39.3 Å². The summed E-state index contributed by atoms with van der Waals surface area (Å²) in [4.78, 5) is 17.7. The van der Waals surface area contributed by atoms with Crippen LogP contribution in [0.4, 0.5) is 0 Å². The topological polar surface area (TPSA) is 35.6 Å². The van der Waals surface area contributed by atoms with E-state index in [0.717, 1.165) is 32.6 Å². The van der Waals surface area contributed by atoms with Gasteiger partial charge in [0.05, 0.1) is 0 Å². The van der Waals surface area contributed by atoms with Gasteiger partial charge in [-0.15, -0.1) is 0 Å². The molecule has 0 aromatic heterocycles. The van der Waals surface area contributed by atoms with Gasteiger partial charge in [0.15, 0.2) is 0 Å². The zero-order chi connectivity index (χ0) is 15.6. The Balaban J connectivity index is 1.50. The van der Waals surface area contributed by atoms with Gasteiger partial charge in [0, 0.05) is 44.2 Å². The molecule has 0 aromatic rings. The number of nitrogens with one attached hydrogen (secondary N) is 1. The summed E-state index contributed by atoms with van der Waals surface area (Å²) in [5.74, 6) is 0.766. The average Bonchev–Trinajstić information content (AvgIpc) is 2.82. The fraction of sp³-hybridized carbons (Fsp3) is 0.944. The second-order valence-corrected chi connectivity index (χ2v) is 9.18. The normalized spacial score (nSPS) is 42.0. The predicted octanol–water partition coefficient (Wildman–Crippen LogP) is 1.71. The van der Waals surface area contributed by atoms with Crippen LogP contribution in [0.3, 0.4) is 0 Å². The standard InChI is InChI=1S/C18H31N3O/c1-16(2,3)18-5-4-8-21(18)13-17(12-18)11-14(17)15(22)20-9-6-19-7-10-20/h14,19H,4-13H2,1-3H3. The summed E-state index contributed by atoms with van der Waals surface area (Å²) in [5, 5.41) is 3.35. The van der Waals surface area contributed by atoms with E-state index in [9.17, 15) is 4.79 Å². The van der Waals surface area contributed by atoms with Crippen LogP contribution >= 0.6 is 0 Å². The molecule has 0 aromatic carbocycles. The van der Waals surface area contributed by atoms with Gasteiger partial charge in [-0.05, 0) is 43.1 Å². The molecule has 3 aliphatic heterocycles. The Labute approximate surface area is 134 Å². The van der Waals surface area contributed by atoms with Crippen molar-refractivity contribution in [3.63, 3.8) is 0 Å². The van der Waals surface area contributed by atoms with Gasteiger partial charge in [0.2, 0.25) is 5.91 Å². The van der Waals surface area contributed by atoms with Crippen LogP contribution in [-0.4, -0.2) is 60.5 Å². The van der Waals surface area contributed by atoms with Crippen LogP contribution in [0.25, 0.3) is 0 Å². The van der Waals surface area contributed by atoms with Crippen molar-refractivity contribution in [3.05, 3.63) is 0 Å². The van der Waals surface area contributed by atoms with Crippen LogP contribution in [0.15, 0.2) is 0 Å². The highest BCUT2D eigenvalue weighted by Crippen LogP contribution is 2.68. The molecule has 1 aliphatic carbocycles. The van der Waals surface area contributed by atoms with Crippen molar-refractivity contribution in [3.8, 4) is 0 Å². The number of hydrogen-bond acceptors (Lipinski definition) is 3. The summed E-state index contributed by atoms with van der Waals surface area (Å²) in [6, 6.07) is 0. The van der Waals surface area contributed by atoms with Crippen LogP contribution in [0.1, 0.15) is 46.5 Å². The highest BCUT2D eigenvalue weighted by Gasteiger charge is 2.70. The third kappa shape index (κ3) is 1.99. The lowest BCUT2D eigenvalue weighted by molar-refractivity contribution is -0.134. The zero-order valence-corrected chi connectivity index (χ0v) is 14.5. The van der Waals surface area contributed by atoms with E-state index in [2.05, 4.69) is 35.9 Å². The second kappa shape index (κ2) is 4.70. The van der Waals surface area contributed by atoms with Gasteiger partial charge >= 0.3 is 0 Å². The summed E-state index contributed by atoms with van der Waals surface area (Å²) in [6.07, 6.45) is 5.06. The number of carbonyl (C=O) groups excluding carboxylic acids is 1. The van der Waals surface area contributed by atoms with E-state index in [1.807, 2.05) is 0 Å². The van der Waals surface area contributed by atoms with E-state index in [4.69, 9.17) is 0 Å². The van der Waals surface area contributed by atoms with Gasteiger partial charge in [-0.3, -0.25) is 9.69 Å². The largest absolute Gasteiger partial charge is 0.340 e. The number of rotatable bonds is 1. The van der Waals surface area contributed by atoms with Gasteiger partial charge < -0.3 is 10.2 Å². The predicted molar refractivity (Wildman–Crippen MR) is 87.6 cm³/mol. The van der Waals surface area contributed by atoms with Crippen LogP contribution in [0.2, 0.25) is 0 Å². The van der Waals surface area contributed by atoms with E-state index in [1.165, 1.54) is 32.4 Å². The lowest BCUT2D eigenvalue weighted by atomic mass is 9.69. The van der Waals surface area contributed by atoms with Crippen molar-refractivity contribution >= 4 is 5.91 Å². The monoisotopic (exact) mass is 305 g/mol. The van der Waals surface area contributed by atoms with E-state index in [1.54, 1.807) is 0 Å². The highest BCUT2D eigenvalue weighted by molar-refractivity contribution is 5.83. The Bertz CT molecular complexity index is 479. The number of piperazine rings is 1. The summed E-state index contributed by atoms with van der Waals surface area (Å²) in [7, 11) is 0. The zero-order valence-electron chi connectivity index (χ0n) is 14.5. The lowest BCUT2D eigenvalue weighted by Gasteiger charge is -2.44. The maximum Gasteiger partial charge on any atom is 0.226 e. The maximum atomic E-state index is 12.9. The Morgan fingerprint density at radius 2 is 1.91 bits per heavy atom. The molecule has 4 fully saturated rings. The smallest absolute Gasteiger partial charge is 0.226 e. The number of carbonyl (C=O) groups is 1. The molecule has 0 radical (unpaired) electrons. The first-order valence-corrected chi connectivity index (χ1v) is 9.13. The van der Waals surface area contributed by atoms with Crippen molar-refractivity contribution in [1.29, 1.82) is 0 Å². The first-order chi connectivity index (χ1) is 10.4. The number of hydrogen-bond donors (Lipinski definition) is 1. The van der Waals surface area contributed by atoms with E-state index in [-0.39, 0.29) is 0 Å². The quantitative estimate of drug-likeness (QED) is 0.801. The summed E-state index contributed by atoms with van der Waals surface area (Å²) in [6.45, 7) is 13.4. The number of amides is 1. The molecule has 1 spiro atoms.